The third kappa shape index (κ3) is 2.37. The molecule has 3 nitrogen and oxygen atoms in total. The Kier molecular flexibility index (Phi) is 3.97. The lowest BCUT2D eigenvalue weighted by Crippen LogP contribution is -2.67. The van der Waals surface area contributed by atoms with Crippen molar-refractivity contribution >= 4 is 0 Å². The van der Waals surface area contributed by atoms with Crippen LogP contribution in [-0.2, 0) is 9.47 Å². The van der Waals surface area contributed by atoms with Crippen LogP contribution in [0.25, 0.3) is 0 Å². The SMILES string of the molecule is C=C(C)COCCN[C@@H]1[C@H]2CCO[C@@H]2C12CCCC2. The van der Waals surface area contributed by atoms with Crippen LogP contribution in [0.2, 0.25) is 0 Å². The Labute approximate surface area is 116 Å². The van der Waals surface area contributed by atoms with Crippen molar-refractivity contribution in [3.8, 4) is 0 Å². The molecule has 0 bridgehead atoms. The minimum atomic E-state index is 0.468. The molecule has 3 atom stereocenters. The van der Waals surface area contributed by atoms with Crippen LogP contribution in [0.1, 0.15) is 39.0 Å². The van der Waals surface area contributed by atoms with Gasteiger partial charge in [-0.15, -0.1) is 0 Å². The first kappa shape index (κ1) is 13.6. The lowest BCUT2D eigenvalue weighted by Gasteiger charge is -2.57. The van der Waals surface area contributed by atoms with Gasteiger partial charge in [0.2, 0.25) is 0 Å². The normalized spacial score (nSPS) is 35.3. The molecule has 3 aliphatic rings. The largest absolute Gasteiger partial charge is 0.377 e. The Bertz CT molecular complexity index is 336. The van der Waals surface area contributed by atoms with Crippen molar-refractivity contribution in [1.29, 1.82) is 0 Å². The highest BCUT2D eigenvalue weighted by Crippen LogP contribution is 2.60. The zero-order valence-corrected chi connectivity index (χ0v) is 12.1. The second-order valence-electron chi connectivity index (χ2n) is 6.63. The van der Waals surface area contributed by atoms with Crippen LogP contribution < -0.4 is 5.32 Å². The van der Waals surface area contributed by atoms with Crippen molar-refractivity contribution in [1.82, 2.24) is 5.32 Å². The molecule has 2 aliphatic carbocycles. The van der Waals surface area contributed by atoms with Crippen molar-refractivity contribution in [3.05, 3.63) is 12.2 Å². The molecule has 3 rings (SSSR count). The third-order valence-electron chi connectivity index (χ3n) is 5.25. The molecule has 1 spiro atoms. The van der Waals surface area contributed by atoms with Crippen molar-refractivity contribution in [2.75, 3.05) is 26.4 Å². The molecule has 2 saturated carbocycles. The van der Waals surface area contributed by atoms with E-state index in [9.17, 15) is 0 Å². The molecule has 0 aromatic heterocycles. The summed E-state index contributed by atoms with van der Waals surface area (Å²) in [5, 5.41) is 3.76. The van der Waals surface area contributed by atoms with Crippen molar-refractivity contribution in [3.63, 3.8) is 0 Å². The molecule has 1 heterocycles. The number of hydrogen-bond acceptors (Lipinski definition) is 3. The van der Waals surface area contributed by atoms with E-state index in [-0.39, 0.29) is 0 Å². The van der Waals surface area contributed by atoms with Crippen LogP contribution in [0.15, 0.2) is 12.2 Å². The Hall–Kier alpha value is -0.380. The van der Waals surface area contributed by atoms with E-state index in [0.717, 1.165) is 31.2 Å². The number of nitrogens with one attached hydrogen (secondary N) is 1. The van der Waals surface area contributed by atoms with E-state index >= 15 is 0 Å². The molecule has 1 aliphatic heterocycles. The van der Waals surface area contributed by atoms with Gasteiger partial charge in [-0.25, -0.2) is 0 Å². The fourth-order valence-corrected chi connectivity index (χ4v) is 4.54. The summed E-state index contributed by atoms with van der Waals surface area (Å²) in [5.74, 6) is 0.763. The van der Waals surface area contributed by atoms with Gasteiger partial charge in [0.15, 0.2) is 0 Å². The highest BCUT2D eigenvalue weighted by Gasteiger charge is 2.64. The van der Waals surface area contributed by atoms with Crippen LogP contribution >= 0.6 is 0 Å². The predicted molar refractivity (Wildman–Crippen MR) is 76.2 cm³/mol. The highest BCUT2D eigenvalue weighted by atomic mass is 16.5. The third-order valence-corrected chi connectivity index (χ3v) is 5.25. The second-order valence-corrected chi connectivity index (χ2v) is 6.63. The predicted octanol–water partition coefficient (Wildman–Crippen LogP) is 2.52. The van der Waals surface area contributed by atoms with Crippen molar-refractivity contribution in [2.24, 2.45) is 11.3 Å². The molecule has 1 N–H and O–H groups in total. The summed E-state index contributed by atoms with van der Waals surface area (Å²) in [4.78, 5) is 0. The Morgan fingerprint density at radius 3 is 2.95 bits per heavy atom. The standard InChI is InChI=1S/C16H27NO2/c1-12(2)11-18-10-8-17-14-13-5-9-19-15(13)16(14)6-3-4-7-16/h13-15,17H,1,3-11H2,2H3/t13-,14-,15+/m1/s1. The van der Waals surface area contributed by atoms with Gasteiger partial charge in [0.25, 0.3) is 0 Å². The monoisotopic (exact) mass is 265 g/mol. The molecule has 19 heavy (non-hydrogen) atoms. The van der Waals surface area contributed by atoms with Gasteiger partial charge in [0, 0.05) is 30.5 Å². The van der Waals surface area contributed by atoms with Gasteiger partial charge in [0.05, 0.1) is 19.3 Å². The summed E-state index contributed by atoms with van der Waals surface area (Å²) in [6.45, 7) is 9.27. The summed E-state index contributed by atoms with van der Waals surface area (Å²) in [6, 6.07) is 0.677. The zero-order valence-electron chi connectivity index (χ0n) is 12.1. The first-order valence-electron chi connectivity index (χ1n) is 7.81. The summed E-state index contributed by atoms with van der Waals surface area (Å²) < 4.78 is 11.6. The molecule has 0 aromatic carbocycles. The molecule has 3 fully saturated rings. The number of rotatable bonds is 6. The van der Waals surface area contributed by atoms with Crippen LogP contribution in [0.5, 0.6) is 0 Å². The van der Waals surface area contributed by atoms with E-state index in [2.05, 4.69) is 11.9 Å². The topological polar surface area (TPSA) is 30.5 Å². The lowest BCUT2D eigenvalue weighted by atomic mass is 9.54. The zero-order chi connectivity index (χ0) is 13.3. The first-order valence-corrected chi connectivity index (χ1v) is 7.81. The average Bonchev–Trinajstić information content (AvgIpc) is 3.00. The van der Waals surface area contributed by atoms with Gasteiger partial charge < -0.3 is 14.8 Å². The molecule has 0 amide bonds. The maximum atomic E-state index is 6.00. The molecule has 0 radical (unpaired) electrons. The van der Waals surface area contributed by atoms with E-state index < -0.39 is 0 Å². The fraction of sp³-hybridized carbons (Fsp3) is 0.875. The Morgan fingerprint density at radius 1 is 1.42 bits per heavy atom. The van der Waals surface area contributed by atoms with Crippen molar-refractivity contribution in [2.45, 2.75) is 51.2 Å². The van der Waals surface area contributed by atoms with E-state index in [0.29, 0.717) is 24.2 Å². The molecular weight excluding hydrogens is 238 g/mol. The van der Waals surface area contributed by atoms with Crippen LogP contribution in [-0.4, -0.2) is 38.5 Å². The van der Waals surface area contributed by atoms with Crippen molar-refractivity contribution < 1.29 is 9.47 Å². The van der Waals surface area contributed by atoms with Gasteiger partial charge in [-0.05, 0) is 26.2 Å². The summed E-state index contributed by atoms with van der Waals surface area (Å²) in [5.41, 5.74) is 1.57. The number of hydrogen-bond donors (Lipinski definition) is 1. The van der Waals surface area contributed by atoms with Crippen LogP contribution in [0.4, 0.5) is 0 Å². The molecule has 1 saturated heterocycles. The first-order chi connectivity index (χ1) is 9.24. The minimum Gasteiger partial charge on any atom is -0.377 e. The average molecular weight is 265 g/mol. The van der Waals surface area contributed by atoms with Gasteiger partial charge in [0.1, 0.15) is 0 Å². The van der Waals surface area contributed by atoms with E-state index in [1.807, 2.05) is 6.92 Å². The molecule has 3 heteroatoms. The molecule has 0 aromatic rings. The summed E-state index contributed by atoms with van der Waals surface area (Å²) in [7, 11) is 0. The van der Waals surface area contributed by atoms with Gasteiger partial charge in [-0.2, -0.15) is 0 Å². The highest BCUT2D eigenvalue weighted by molar-refractivity contribution is 5.16. The Morgan fingerprint density at radius 2 is 2.21 bits per heavy atom. The molecule has 108 valence electrons. The lowest BCUT2D eigenvalue weighted by molar-refractivity contribution is -0.131. The van der Waals surface area contributed by atoms with E-state index in [1.54, 1.807) is 0 Å². The molecular formula is C16H27NO2. The second kappa shape index (κ2) is 5.55. The van der Waals surface area contributed by atoms with Gasteiger partial charge >= 0.3 is 0 Å². The Balaban J connectivity index is 1.48. The number of ether oxygens (including phenoxy) is 2. The van der Waals surface area contributed by atoms with Crippen LogP contribution in [0.3, 0.4) is 0 Å². The number of fused-ring (bicyclic) bond motifs is 2. The van der Waals surface area contributed by atoms with Gasteiger partial charge in [-0.3, -0.25) is 0 Å². The van der Waals surface area contributed by atoms with E-state index in [4.69, 9.17) is 9.47 Å². The quantitative estimate of drug-likeness (QED) is 0.591. The molecule has 0 unspecified atom stereocenters. The van der Waals surface area contributed by atoms with Gasteiger partial charge in [-0.1, -0.05) is 25.0 Å². The van der Waals surface area contributed by atoms with Crippen LogP contribution in [0, 0.1) is 11.3 Å². The minimum absolute atomic E-state index is 0.468. The smallest absolute Gasteiger partial charge is 0.0690 e. The maximum Gasteiger partial charge on any atom is 0.0690 e. The summed E-state index contributed by atoms with van der Waals surface area (Å²) >= 11 is 0. The maximum absolute atomic E-state index is 6.00. The fourth-order valence-electron chi connectivity index (χ4n) is 4.54. The van der Waals surface area contributed by atoms with E-state index in [1.165, 1.54) is 32.1 Å². The summed E-state index contributed by atoms with van der Waals surface area (Å²) in [6.07, 6.45) is 7.30.